The summed E-state index contributed by atoms with van der Waals surface area (Å²) in [7, 11) is 1.59. The van der Waals surface area contributed by atoms with Crippen molar-refractivity contribution in [1.29, 1.82) is 0 Å². The summed E-state index contributed by atoms with van der Waals surface area (Å²) in [6.45, 7) is 2.26. The smallest absolute Gasteiger partial charge is 0.323 e. The summed E-state index contributed by atoms with van der Waals surface area (Å²) in [5, 5.41) is 15.1. The summed E-state index contributed by atoms with van der Waals surface area (Å²) >= 11 is 0. The van der Waals surface area contributed by atoms with Crippen LogP contribution < -0.4 is 0 Å². The zero-order chi connectivity index (χ0) is 13.5. The number of hydrogen-bond donors (Lipinski definition) is 2. The number of nitrogens with zero attached hydrogens (tertiary/aromatic N) is 4. The number of aliphatic carboxylic acids is 1. The maximum absolute atomic E-state index is 12.0. The van der Waals surface area contributed by atoms with Gasteiger partial charge in [0.1, 0.15) is 18.7 Å². The molecular formula is C10H17N5O3. The minimum Gasteiger partial charge on any atom is -0.480 e. The fourth-order valence-corrected chi connectivity index (χ4v) is 1.52. The third kappa shape index (κ3) is 4.04. The van der Waals surface area contributed by atoms with E-state index in [0.29, 0.717) is 18.8 Å². The van der Waals surface area contributed by atoms with Crippen LogP contribution in [0.4, 0.5) is 4.79 Å². The zero-order valence-electron chi connectivity index (χ0n) is 10.5. The van der Waals surface area contributed by atoms with Crippen molar-refractivity contribution >= 4 is 12.0 Å². The molecule has 100 valence electrons. The van der Waals surface area contributed by atoms with Gasteiger partial charge in [0.2, 0.25) is 0 Å². The van der Waals surface area contributed by atoms with Crippen LogP contribution in [0.1, 0.15) is 19.2 Å². The van der Waals surface area contributed by atoms with Gasteiger partial charge in [-0.25, -0.2) is 9.78 Å². The number of carboxylic acid groups (broad SMARTS) is 1. The van der Waals surface area contributed by atoms with Gasteiger partial charge in [-0.2, -0.15) is 5.10 Å². The molecule has 0 radical (unpaired) electrons. The number of carbonyl (C=O) groups is 2. The average molecular weight is 255 g/mol. The summed E-state index contributed by atoms with van der Waals surface area (Å²) in [5.74, 6) is -0.470. The summed E-state index contributed by atoms with van der Waals surface area (Å²) in [4.78, 5) is 29.3. The fraction of sp³-hybridized carbons (Fsp3) is 0.600. The van der Waals surface area contributed by atoms with Gasteiger partial charge in [0.25, 0.3) is 0 Å². The van der Waals surface area contributed by atoms with E-state index >= 15 is 0 Å². The molecule has 1 heterocycles. The molecular weight excluding hydrogens is 238 g/mol. The van der Waals surface area contributed by atoms with Gasteiger partial charge >= 0.3 is 12.0 Å². The maximum Gasteiger partial charge on any atom is 0.323 e. The third-order valence-corrected chi connectivity index (χ3v) is 2.27. The lowest BCUT2D eigenvalue weighted by atomic mass is 10.4. The molecule has 2 amide bonds. The number of H-pyrrole nitrogens is 1. The van der Waals surface area contributed by atoms with Crippen molar-refractivity contribution in [1.82, 2.24) is 25.0 Å². The molecule has 1 rings (SSSR count). The maximum atomic E-state index is 12.0. The monoisotopic (exact) mass is 255 g/mol. The Morgan fingerprint density at radius 1 is 1.50 bits per heavy atom. The number of carbonyl (C=O) groups excluding carboxylic acids is 1. The molecule has 0 aliphatic carbocycles. The molecule has 0 aromatic carbocycles. The standard InChI is InChI=1S/C10H17N5O3/c1-3-4-15(6-9(16)17)10(18)14(2)5-8-11-7-12-13-8/h7H,3-6H2,1-2H3,(H,16,17)(H,11,12,13). The van der Waals surface area contributed by atoms with Crippen molar-refractivity contribution < 1.29 is 14.7 Å². The summed E-state index contributed by atoms with van der Waals surface area (Å²) < 4.78 is 0. The number of amides is 2. The van der Waals surface area contributed by atoms with E-state index in [4.69, 9.17) is 5.11 Å². The average Bonchev–Trinajstić information content (AvgIpc) is 2.79. The first-order valence-electron chi connectivity index (χ1n) is 5.60. The van der Waals surface area contributed by atoms with Crippen molar-refractivity contribution in [3.05, 3.63) is 12.2 Å². The van der Waals surface area contributed by atoms with E-state index in [1.54, 1.807) is 7.05 Å². The van der Waals surface area contributed by atoms with Gasteiger partial charge < -0.3 is 14.9 Å². The highest BCUT2D eigenvalue weighted by atomic mass is 16.4. The van der Waals surface area contributed by atoms with Gasteiger partial charge in [-0.05, 0) is 6.42 Å². The number of nitrogens with one attached hydrogen (secondary N) is 1. The first kappa shape index (κ1) is 13.9. The van der Waals surface area contributed by atoms with E-state index < -0.39 is 5.97 Å². The van der Waals surface area contributed by atoms with Crippen LogP contribution in [0.5, 0.6) is 0 Å². The van der Waals surface area contributed by atoms with Gasteiger partial charge in [-0.15, -0.1) is 0 Å². The molecule has 1 aromatic rings. The van der Waals surface area contributed by atoms with Crippen LogP contribution in [0.25, 0.3) is 0 Å². The lowest BCUT2D eigenvalue weighted by Gasteiger charge is -2.26. The molecule has 0 fully saturated rings. The molecule has 0 unspecified atom stereocenters. The summed E-state index contributed by atoms with van der Waals surface area (Å²) in [6.07, 6.45) is 2.06. The second-order valence-corrected chi connectivity index (χ2v) is 3.89. The highest BCUT2D eigenvalue weighted by molar-refractivity contribution is 5.79. The Kier molecular flexibility index (Phi) is 5.09. The van der Waals surface area contributed by atoms with Crippen molar-refractivity contribution in [2.75, 3.05) is 20.1 Å². The molecule has 1 aromatic heterocycles. The van der Waals surface area contributed by atoms with E-state index in [9.17, 15) is 9.59 Å². The lowest BCUT2D eigenvalue weighted by Crippen LogP contribution is -2.43. The Balaban J connectivity index is 2.60. The topological polar surface area (TPSA) is 102 Å². The van der Waals surface area contributed by atoms with Crippen LogP contribution in [-0.4, -0.2) is 62.2 Å². The quantitative estimate of drug-likeness (QED) is 0.753. The number of aromatic amines is 1. The van der Waals surface area contributed by atoms with Crippen LogP contribution in [0, 0.1) is 0 Å². The van der Waals surface area contributed by atoms with Gasteiger partial charge in [0.05, 0.1) is 6.54 Å². The van der Waals surface area contributed by atoms with Crippen molar-refractivity contribution in [2.45, 2.75) is 19.9 Å². The van der Waals surface area contributed by atoms with Gasteiger partial charge in [-0.3, -0.25) is 9.89 Å². The Labute approximate surface area is 105 Å². The van der Waals surface area contributed by atoms with E-state index in [2.05, 4.69) is 15.2 Å². The number of rotatable bonds is 6. The molecule has 8 heteroatoms. The van der Waals surface area contributed by atoms with Gasteiger partial charge in [-0.1, -0.05) is 6.92 Å². The number of carboxylic acids is 1. The number of aromatic nitrogens is 3. The van der Waals surface area contributed by atoms with E-state index in [1.165, 1.54) is 16.1 Å². The first-order chi connectivity index (χ1) is 8.54. The first-order valence-corrected chi connectivity index (χ1v) is 5.60. The number of urea groups is 1. The molecule has 0 atom stereocenters. The molecule has 0 saturated carbocycles. The SMILES string of the molecule is CCCN(CC(=O)O)C(=O)N(C)Cc1ncn[nH]1. The van der Waals surface area contributed by atoms with E-state index in [0.717, 1.165) is 0 Å². The van der Waals surface area contributed by atoms with Crippen LogP contribution in [0.15, 0.2) is 6.33 Å². The van der Waals surface area contributed by atoms with Crippen molar-refractivity contribution in [3.63, 3.8) is 0 Å². The predicted octanol–water partition coefficient (Wildman–Crippen LogP) is 0.153. The fourth-order valence-electron chi connectivity index (χ4n) is 1.52. The van der Waals surface area contributed by atoms with Crippen LogP contribution >= 0.6 is 0 Å². The molecule has 0 spiro atoms. The van der Waals surface area contributed by atoms with E-state index in [1.807, 2.05) is 6.92 Å². The number of hydrogen-bond acceptors (Lipinski definition) is 4. The highest BCUT2D eigenvalue weighted by Gasteiger charge is 2.20. The molecule has 18 heavy (non-hydrogen) atoms. The molecule has 2 N–H and O–H groups in total. The minimum atomic E-state index is -1.02. The van der Waals surface area contributed by atoms with Crippen molar-refractivity contribution in [3.8, 4) is 0 Å². The Morgan fingerprint density at radius 3 is 2.72 bits per heavy atom. The van der Waals surface area contributed by atoms with Gasteiger partial charge in [0.15, 0.2) is 0 Å². The third-order valence-electron chi connectivity index (χ3n) is 2.27. The zero-order valence-corrected chi connectivity index (χ0v) is 10.5. The largest absolute Gasteiger partial charge is 0.480 e. The summed E-state index contributed by atoms with van der Waals surface area (Å²) in [6, 6.07) is -0.337. The Bertz CT molecular complexity index is 392. The van der Waals surface area contributed by atoms with Gasteiger partial charge in [0, 0.05) is 13.6 Å². The lowest BCUT2D eigenvalue weighted by molar-refractivity contribution is -0.137. The highest BCUT2D eigenvalue weighted by Crippen LogP contribution is 2.02. The molecule has 0 aliphatic heterocycles. The van der Waals surface area contributed by atoms with Crippen molar-refractivity contribution in [2.24, 2.45) is 0 Å². The second-order valence-electron chi connectivity index (χ2n) is 3.89. The Morgan fingerprint density at radius 2 is 2.22 bits per heavy atom. The summed E-state index contributed by atoms with van der Waals surface area (Å²) in [5.41, 5.74) is 0. The minimum absolute atomic E-state index is 0.263. The Hall–Kier alpha value is -2.12. The molecule has 0 saturated heterocycles. The predicted molar refractivity (Wildman–Crippen MR) is 62.7 cm³/mol. The van der Waals surface area contributed by atoms with Crippen LogP contribution in [0.2, 0.25) is 0 Å². The van der Waals surface area contributed by atoms with Crippen LogP contribution in [0.3, 0.4) is 0 Å². The molecule has 0 bridgehead atoms. The molecule has 0 aliphatic rings. The normalized spacial score (nSPS) is 10.1. The van der Waals surface area contributed by atoms with E-state index in [-0.39, 0.29) is 19.1 Å². The van der Waals surface area contributed by atoms with Crippen LogP contribution in [-0.2, 0) is 11.3 Å². The second kappa shape index (κ2) is 6.58. The molecule has 8 nitrogen and oxygen atoms in total.